The van der Waals surface area contributed by atoms with E-state index >= 15 is 0 Å². The summed E-state index contributed by atoms with van der Waals surface area (Å²) in [5, 5.41) is 8.39. The fraction of sp³-hybridized carbons (Fsp3) is 0.800. The molecule has 0 atom stereocenters. The van der Waals surface area contributed by atoms with Crippen LogP contribution in [0, 0.1) is 0 Å². The van der Waals surface area contributed by atoms with E-state index in [2.05, 4.69) is 3.56 Å². The van der Waals surface area contributed by atoms with Crippen molar-refractivity contribution in [2.45, 2.75) is 51.4 Å². The van der Waals surface area contributed by atoms with Crippen molar-refractivity contribution in [3.05, 3.63) is 0 Å². The Kier molecular flexibility index (Phi) is 9.80. The third-order valence-electron chi connectivity index (χ3n) is 2.18. The Balaban J connectivity index is 3.05. The van der Waals surface area contributed by atoms with Crippen molar-refractivity contribution >= 4 is 11.9 Å². The van der Waals surface area contributed by atoms with Gasteiger partial charge in [0.05, 0.1) is 0 Å². The molecule has 0 aliphatic rings. The molecule has 83 valence electrons. The molecule has 0 aliphatic heterocycles. The van der Waals surface area contributed by atoms with E-state index in [9.17, 15) is 9.59 Å². The molecule has 0 saturated carbocycles. The van der Waals surface area contributed by atoms with E-state index in [0.717, 1.165) is 38.5 Å². The molecule has 0 aromatic carbocycles. The molecule has 4 nitrogen and oxygen atoms in total. The van der Waals surface area contributed by atoms with Gasteiger partial charge in [0.25, 0.3) is 0 Å². The van der Waals surface area contributed by atoms with Crippen LogP contribution in [0.2, 0.25) is 0 Å². The zero-order valence-electron chi connectivity index (χ0n) is 9.04. The predicted molar refractivity (Wildman–Crippen MR) is 50.7 cm³/mol. The van der Waals surface area contributed by atoms with Gasteiger partial charge in [0, 0.05) is 0 Å². The number of carboxylic acid groups (broad SMARTS) is 1. The van der Waals surface area contributed by atoms with Gasteiger partial charge in [0.15, 0.2) is 0 Å². The molecule has 15 heavy (non-hydrogen) atoms. The van der Waals surface area contributed by atoms with E-state index in [1.54, 1.807) is 0 Å². The molecule has 0 amide bonds. The number of hydrogen-bond donors (Lipinski definition) is 1. The van der Waals surface area contributed by atoms with Gasteiger partial charge in [0.1, 0.15) is 0 Å². The van der Waals surface area contributed by atoms with Crippen LogP contribution in [0.4, 0.5) is 0 Å². The van der Waals surface area contributed by atoms with Crippen LogP contribution in [-0.4, -0.2) is 17.0 Å². The molecule has 5 heteroatoms. The van der Waals surface area contributed by atoms with E-state index in [1.807, 2.05) is 0 Å². The topological polar surface area (TPSA) is 63.6 Å². The number of unbranched alkanes of at least 4 members (excludes halogenated alkanes) is 5. The minimum atomic E-state index is -0.718. The Morgan fingerprint density at radius 3 is 1.87 bits per heavy atom. The first-order valence-electron chi connectivity index (χ1n) is 5.33. The van der Waals surface area contributed by atoms with Crippen LogP contribution in [0.25, 0.3) is 0 Å². The van der Waals surface area contributed by atoms with E-state index in [1.165, 1.54) is 0 Å². The normalized spacial score (nSPS) is 10.0. The van der Waals surface area contributed by atoms with E-state index in [-0.39, 0.29) is 12.4 Å². The predicted octanol–water partition coefficient (Wildman–Crippen LogP) is 2.20. The second kappa shape index (κ2) is 10.1. The van der Waals surface area contributed by atoms with Gasteiger partial charge in [-0.25, -0.2) is 0 Å². The number of carbonyl (C=O) groups excluding carboxylic acids is 1. The molecule has 0 aromatic rings. The van der Waals surface area contributed by atoms with Crippen molar-refractivity contribution in [3.63, 3.8) is 0 Å². The molecule has 0 spiro atoms. The van der Waals surface area contributed by atoms with Gasteiger partial charge in [-0.3, -0.25) is 0 Å². The summed E-state index contributed by atoms with van der Waals surface area (Å²) in [7, 11) is 0. The fourth-order valence-corrected chi connectivity index (χ4v) is 1.63. The number of hydrogen-bond acceptors (Lipinski definition) is 3. The zero-order chi connectivity index (χ0) is 11.5. The minimum absolute atomic E-state index is 0.0964. The number of rotatable bonds is 9. The van der Waals surface area contributed by atoms with Crippen molar-refractivity contribution < 1.29 is 36.9 Å². The molecule has 0 saturated heterocycles. The van der Waals surface area contributed by atoms with Crippen LogP contribution in [0.3, 0.4) is 0 Å². The Labute approximate surface area is 100 Å². The standard InChI is InChI=1S/C10H18O4.Zn/c11-9(12)7-5-3-1-2-4-6-8-10(13)14;/h1-8H2,(H,11,12)(H,13,14);/q;+1/p-1. The molecule has 1 N–H and O–H groups in total. The van der Waals surface area contributed by atoms with E-state index < -0.39 is 5.97 Å². The van der Waals surface area contributed by atoms with E-state index in [4.69, 9.17) is 5.11 Å². The Bertz CT molecular complexity index is 194. The first-order valence-corrected chi connectivity index (χ1v) is 6.54. The van der Waals surface area contributed by atoms with Crippen LogP contribution >= 0.6 is 0 Å². The third kappa shape index (κ3) is 11.5. The number of carbonyl (C=O) groups is 2. The maximum absolute atomic E-state index is 10.8. The first-order chi connectivity index (χ1) is 7.16. The van der Waals surface area contributed by atoms with Gasteiger partial charge in [0.2, 0.25) is 0 Å². The van der Waals surface area contributed by atoms with Gasteiger partial charge >= 0.3 is 100 Å². The van der Waals surface area contributed by atoms with Crippen LogP contribution in [0.15, 0.2) is 0 Å². The molecule has 0 radical (unpaired) electrons. The maximum atomic E-state index is 10.8. The second-order valence-corrected chi connectivity index (χ2v) is 4.14. The molecule has 0 heterocycles. The molecule has 0 aliphatic carbocycles. The summed E-state index contributed by atoms with van der Waals surface area (Å²) in [6.07, 6.45) is 6.57. The van der Waals surface area contributed by atoms with Gasteiger partial charge in [-0.15, -0.1) is 0 Å². The summed E-state index contributed by atoms with van der Waals surface area (Å²) < 4.78 is 4.64. The van der Waals surface area contributed by atoms with Crippen molar-refractivity contribution in [2.24, 2.45) is 0 Å². The molecular formula is C10H17O4Zn. The van der Waals surface area contributed by atoms with Crippen LogP contribution in [0.5, 0.6) is 0 Å². The molecule has 0 unspecified atom stereocenters. The monoisotopic (exact) mass is 265 g/mol. The Morgan fingerprint density at radius 1 is 0.933 bits per heavy atom. The average Bonchev–Trinajstić information content (AvgIpc) is 2.21. The Morgan fingerprint density at radius 2 is 1.40 bits per heavy atom. The van der Waals surface area contributed by atoms with Crippen LogP contribution in [-0.2, 0) is 31.8 Å². The number of carboxylic acids is 1. The summed E-state index contributed by atoms with van der Waals surface area (Å²) in [6, 6.07) is 0. The van der Waals surface area contributed by atoms with Gasteiger partial charge in [-0.05, 0) is 0 Å². The molecular weight excluding hydrogens is 249 g/mol. The molecule has 0 rings (SSSR count). The Hall–Kier alpha value is -0.437. The SMILES string of the molecule is O=C(O)CCCCCCCCC(=O)[O][Zn]. The zero-order valence-corrected chi connectivity index (χ0v) is 12.0. The molecule has 0 aromatic heterocycles. The van der Waals surface area contributed by atoms with Crippen LogP contribution in [0.1, 0.15) is 51.4 Å². The summed E-state index contributed by atoms with van der Waals surface area (Å²) in [5.74, 6) is -0.815. The van der Waals surface area contributed by atoms with E-state index in [0.29, 0.717) is 25.1 Å². The fourth-order valence-electron chi connectivity index (χ4n) is 1.32. The van der Waals surface area contributed by atoms with Crippen LogP contribution < -0.4 is 0 Å². The van der Waals surface area contributed by atoms with Gasteiger partial charge in [-0.2, -0.15) is 0 Å². The molecule has 0 bridgehead atoms. The number of aliphatic carboxylic acids is 1. The van der Waals surface area contributed by atoms with Gasteiger partial charge < -0.3 is 0 Å². The second-order valence-electron chi connectivity index (χ2n) is 3.53. The summed E-state index contributed by atoms with van der Waals surface area (Å²) in [4.78, 5) is 21.0. The summed E-state index contributed by atoms with van der Waals surface area (Å²) in [5.41, 5.74) is 0. The van der Waals surface area contributed by atoms with Crippen molar-refractivity contribution in [1.29, 1.82) is 0 Å². The quantitative estimate of drug-likeness (QED) is 0.513. The van der Waals surface area contributed by atoms with Crippen molar-refractivity contribution in [1.82, 2.24) is 0 Å². The van der Waals surface area contributed by atoms with Crippen molar-refractivity contribution in [2.75, 3.05) is 0 Å². The summed E-state index contributed by atoms with van der Waals surface area (Å²) in [6.45, 7) is 0. The first kappa shape index (κ1) is 14.6. The third-order valence-corrected chi connectivity index (χ3v) is 2.86. The van der Waals surface area contributed by atoms with Gasteiger partial charge in [-0.1, -0.05) is 0 Å². The average molecular weight is 267 g/mol. The summed E-state index contributed by atoms with van der Waals surface area (Å²) >= 11 is 0.577. The van der Waals surface area contributed by atoms with Crippen molar-refractivity contribution in [3.8, 4) is 0 Å². The molecule has 0 fully saturated rings.